The van der Waals surface area contributed by atoms with Gasteiger partial charge in [-0.15, -0.1) is 0 Å². The van der Waals surface area contributed by atoms with Gasteiger partial charge in [-0.2, -0.15) is 0 Å². The first-order valence-electron chi connectivity index (χ1n) is 7.83. The van der Waals surface area contributed by atoms with Gasteiger partial charge < -0.3 is 19.4 Å². The molecule has 0 aliphatic rings. The molecule has 134 valence electrons. The van der Waals surface area contributed by atoms with E-state index in [9.17, 15) is 9.59 Å². The summed E-state index contributed by atoms with van der Waals surface area (Å²) in [5, 5.41) is 2.80. The van der Waals surface area contributed by atoms with Crippen molar-refractivity contribution in [3.8, 4) is 22.8 Å². The Hall–Kier alpha value is -2.61. The summed E-state index contributed by atoms with van der Waals surface area (Å²) in [6, 6.07) is 6.79. The number of rotatable bonds is 7. The van der Waals surface area contributed by atoms with E-state index in [1.165, 1.54) is 6.07 Å². The standard InChI is InChI=1S/C17H21N3O4S/c1-4-15(21)18-7-8-20-13(10-16(22)19-17(20)25)12-6-5-11(23-2)9-14(12)24-3/h5-6,9-10H,4,7-8H2,1-3H3,(H,18,21)(H,19,22,25). The topological polar surface area (TPSA) is 85.3 Å². The SMILES string of the molecule is CCC(=O)NCCn1c(-c2ccc(OC)cc2OC)cc(=O)[nH]c1=S. The van der Waals surface area contributed by atoms with Gasteiger partial charge >= 0.3 is 0 Å². The smallest absolute Gasteiger partial charge is 0.252 e. The number of aromatic nitrogens is 2. The quantitative estimate of drug-likeness (QED) is 0.736. The second-order valence-corrected chi connectivity index (χ2v) is 5.63. The third-order valence-corrected chi connectivity index (χ3v) is 4.02. The first-order valence-corrected chi connectivity index (χ1v) is 8.24. The summed E-state index contributed by atoms with van der Waals surface area (Å²) in [5.41, 5.74) is 1.02. The van der Waals surface area contributed by atoms with Crippen molar-refractivity contribution in [2.75, 3.05) is 20.8 Å². The summed E-state index contributed by atoms with van der Waals surface area (Å²) in [4.78, 5) is 26.0. The number of benzene rings is 1. The molecule has 0 aliphatic heterocycles. The Kier molecular flexibility index (Phi) is 6.35. The molecule has 0 saturated carbocycles. The number of nitrogens with zero attached hydrogens (tertiary/aromatic N) is 1. The van der Waals surface area contributed by atoms with E-state index in [4.69, 9.17) is 21.7 Å². The van der Waals surface area contributed by atoms with Crippen LogP contribution in [0.3, 0.4) is 0 Å². The van der Waals surface area contributed by atoms with Gasteiger partial charge in [-0.25, -0.2) is 0 Å². The van der Waals surface area contributed by atoms with Gasteiger partial charge in [0.15, 0.2) is 4.77 Å². The second kappa shape index (κ2) is 8.48. The van der Waals surface area contributed by atoms with E-state index in [-0.39, 0.29) is 16.2 Å². The van der Waals surface area contributed by atoms with Crippen molar-refractivity contribution < 1.29 is 14.3 Å². The predicted molar refractivity (Wildman–Crippen MR) is 97.7 cm³/mol. The number of nitrogens with one attached hydrogen (secondary N) is 2. The van der Waals surface area contributed by atoms with Gasteiger partial charge in [0.25, 0.3) is 5.56 Å². The predicted octanol–water partition coefficient (Wildman–Crippen LogP) is 2.12. The molecule has 8 heteroatoms. The molecule has 2 rings (SSSR count). The lowest BCUT2D eigenvalue weighted by Gasteiger charge is -2.16. The molecule has 7 nitrogen and oxygen atoms in total. The Morgan fingerprint density at radius 1 is 1.28 bits per heavy atom. The molecule has 0 aliphatic carbocycles. The highest BCUT2D eigenvalue weighted by Gasteiger charge is 2.13. The number of ether oxygens (including phenoxy) is 2. The minimum absolute atomic E-state index is 0.0421. The van der Waals surface area contributed by atoms with Crippen LogP contribution in [0.15, 0.2) is 29.1 Å². The fraction of sp³-hybridized carbons (Fsp3) is 0.353. The number of hydrogen-bond donors (Lipinski definition) is 2. The molecule has 1 amide bonds. The van der Waals surface area contributed by atoms with Crippen molar-refractivity contribution >= 4 is 18.1 Å². The number of methoxy groups -OCH3 is 2. The summed E-state index contributed by atoms with van der Waals surface area (Å²) in [7, 11) is 3.12. The number of aromatic amines is 1. The molecule has 0 atom stereocenters. The molecule has 0 fully saturated rings. The molecule has 1 heterocycles. The normalized spacial score (nSPS) is 10.4. The second-order valence-electron chi connectivity index (χ2n) is 5.25. The van der Waals surface area contributed by atoms with Crippen molar-refractivity contribution in [2.24, 2.45) is 0 Å². The lowest BCUT2D eigenvalue weighted by Crippen LogP contribution is -2.27. The Morgan fingerprint density at radius 3 is 2.68 bits per heavy atom. The van der Waals surface area contributed by atoms with Gasteiger partial charge in [-0.3, -0.25) is 14.6 Å². The Balaban J connectivity index is 2.48. The number of amides is 1. The van der Waals surface area contributed by atoms with Crippen molar-refractivity contribution in [1.29, 1.82) is 0 Å². The Bertz CT molecular complexity index is 873. The van der Waals surface area contributed by atoms with Crippen LogP contribution in [0.2, 0.25) is 0 Å². The summed E-state index contributed by atoms with van der Waals surface area (Å²) in [6.07, 6.45) is 0.413. The molecule has 1 aromatic heterocycles. The highest BCUT2D eigenvalue weighted by atomic mass is 32.1. The average molecular weight is 363 g/mol. The molecule has 0 saturated heterocycles. The van der Waals surface area contributed by atoms with Crippen molar-refractivity contribution in [3.63, 3.8) is 0 Å². The van der Waals surface area contributed by atoms with Gasteiger partial charge in [0.1, 0.15) is 11.5 Å². The van der Waals surface area contributed by atoms with E-state index in [0.717, 1.165) is 0 Å². The van der Waals surface area contributed by atoms with Gasteiger partial charge in [0.05, 0.1) is 19.9 Å². The van der Waals surface area contributed by atoms with Crippen molar-refractivity contribution in [3.05, 3.63) is 39.4 Å². The summed E-state index contributed by atoms with van der Waals surface area (Å²) in [5.74, 6) is 1.16. The van der Waals surface area contributed by atoms with Crippen LogP contribution in [0.1, 0.15) is 13.3 Å². The molecular formula is C17H21N3O4S. The highest BCUT2D eigenvalue weighted by Crippen LogP contribution is 2.32. The average Bonchev–Trinajstić information content (AvgIpc) is 2.62. The third kappa shape index (κ3) is 4.48. The zero-order chi connectivity index (χ0) is 18.4. The van der Waals surface area contributed by atoms with E-state index in [0.29, 0.717) is 42.3 Å². The van der Waals surface area contributed by atoms with Crippen LogP contribution in [-0.2, 0) is 11.3 Å². The van der Waals surface area contributed by atoms with E-state index in [1.807, 2.05) is 6.07 Å². The summed E-state index contributed by atoms with van der Waals surface area (Å²) >= 11 is 5.29. The van der Waals surface area contributed by atoms with Gasteiger partial charge in [0.2, 0.25) is 5.91 Å². The first kappa shape index (κ1) is 18.7. The number of carbonyl (C=O) groups is 1. The van der Waals surface area contributed by atoms with Crippen LogP contribution in [0.4, 0.5) is 0 Å². The number of hydrogen-bond acceptors (Lipinski definition) is 5. The lowest BCUT2D eigenvalue weighted by atomic mass is 10.1. The minimum atomic E-state index is -0.299. The summed E-state index contributed by atoms with van der Waals surface area (Å²) < 4.78 is 12.7. The molecule has 0 radical (unpaired) electrons. The molecule has 1 aromatic carbocycles. The third-order valence-electron chi connectivity index (χ3n) is 3.70. The minimum Gasteiger partial charge on any atom is -0.497 e. The molecule has 2 N–H and O–H groups in total. The molecule has 25 heavy (non-hydrogen) atoms. The van der Waals surface area contributed by atoms with Crippen LogP contribution in [-0.4, -0.2) is 36.2 Å². The van der Waals surface area contributed by atoms with E-state index in [1.54, 1.807) is 37.8 Å². The van der Waals surface area contributed by atoms with Gasteiger partial charge in [-0.1, -0.05) is 6.92 Å². The fourth-order valence-electron chi connectivity index (χ4n) is 2.41. The van der Waals surface area contributed by atoms with Crippen LogP contribution >= 0.6 is 12.2 Å². The van der Waals surface area contributed by atoms with Crippen LogP contribution in [0, 0.1) is 4.77 Å². The number of carbonyl (C=O) groups excluding carboxylic acids is 1. The molecule has 0 unspecified atom stereocenters. The Labute approximate surface area is 150 Å². The van der Waals surface area contributed by atoms with Crippen LogP contribution in [0.5, 0.6) is 11.5 Å². The first-order chi connectivity index (χ1) is 12.0. The zero-order valence-electron chi connectivity index (χ0n) is 14.4. The van der Waals surface area contributed by atoms with Gasteiger partial charge in [-0.05, 0) is 24.4 Å². The maximum absolute atomic E-state index is 11.9. The number of H-pyrrole nitrogens is 1. The maximum Gasteiger partial charge on any atom is 0.252 e. The van der Waals surface area contributed by atoms with Crippen LogP contribution < -0.4 is 20.3 Å². The van der Waals surface area contributed by atoms with E-state index < -0.39 is 0 Å². The maximum atomic E-state index is 11.9. The highest BCUT2D eigenvalue weighted by molar-refractivity contribution is 7.71. The zero-order valence-corrected chi connectivity index (χ0v) is 15.2. The van der Waals surface area contributed by atoms with Gasteiger partial charge in [0, 0.05) is 37.2 Å². The summed E-state index contributed by atoms with van der Waals surface area (Å²) in [6.45, 7) is 2.61. The molecule has 0 bridgehead atoms. The van der Waals surface area contributed by atoms with Crippen LogP contribution in [0.25, 0.3) is 11.3 Å². The Morgan fingerprint density at radius 2 is 2.04 bits per heavy atom. The van der Waals surface area contributed by atoms with Crippen molar-refractivity contribution in [2.45, 2.75) is 19.9 Å². The van der Waals surface area contributed by atoms with Crippen molar-refractivity contribution in [1.82, 2.24) is 14.9 Å². The van der Waals surface area contributed by atoms with E-state index >= 15 is 0 Å². The molecule has 2 aromatic rings. The molecular weight excluding hydrogens is 342 g/mol. The largest absolute Gasteiger partial charge is 0.497 e. The van der Waals surface area contributed by atoms with E-state index in [2.05, 4.69) is 10.3 Å². The molecule has 0 spiro atoms. The lowest BCUT2D eigenvalue weighted by molar-refractivity contribution is -0.120. The monoisotopic (exact) mass is 363 g/mol. The fourth-order valence-corrected chi connectivity index (χ4v) is 2.70.